The number of imidazole rings is 1. The summed E-state index contributed by atoms with van der Waals surface area (Å²) in [5.41, 5.74) is 6.68. The van der Waals surface area contributed by atoms with Crippen LogP contribution < -0.4 is 10.5 Å². The van der Waals surface area contributed by atoms with Gasteiger partial charge in [0.1, 0.15) is 24.2 Å². The highest BCUT2D eigenvalue weighted by Gasteiger charge is 2.34. The number of carboxylic acid groups (broad SMARTS) is 1. The van der Waals surface area contributed by atoms with E-state index < -0.39 is 32.3 Å². The van der Waals surface area contributed by atoms with Gasteiger partial charge in [0.25, 0.3) is 5.91 Å². The molecule has 1 saturated heterocycles. The maximum Gasteiger partial charge on any atom is 0.407 e. The predicted molar refractivity (Wildman–Crippen MR) is 126 cm³/mol. The Morgan fingerprint density at radius 1 is 1.35 bits per heavy atom. The largest absolute Gasteiger partial charge is 0.471 e. The lowest BCUT2D eigenvalue weighted by Crippen LogP contribution is -2.49. The van der Waals surface area contributed by atoms with Gasteiger partial charge in [0.2, 0.25) is 5.88 Å². The van der Waals surface area contributed by atoms with Gasteiger partial charge in [-0.15, -0.1) is 0 Å². The molecule has 2 atom stereocenters. The highest BCUT2D eigenvalue weighted by Crippen LogP contribution is 2.27. The van der Waals surface area contributed by atoms with Gasteiger partial charge in [0.05, 0.1) is 12.2 Å². The molecule has 0 spiro atoms. The SMILES string of the molecule is Cc1nc(-c2cnc(O[C@@H]3CCN(C(=O)O)C[C@@H]3F)c(C(N)=O)c2)cn1COCC[Si](C)(C)C. The van der Waals surface area contributed by atoms with Gasteiger partial charge in [-0.25, -0.2) is 19.2 Å². The number of hydrogen-bond acceptors (Lipinski definition) is 6. The molecule has 1 fully saturated rings. The molecule has 3 N–H and O–H groups in total. The summed E-state index contributed by atoms with van der Waals surface area (Å²) in [7, 11) is -1.17. The van der Waals surface area contributed by atoms with Crippen molar-refractivity contribution in [1.29, 1.82) is 0 Å². The second-order valence-electron chi connectivity index (χ2n) is 9.62. The lowest BCUT2D eigenvalue weighted by molar-refractivity contribution is 0.0222. The first-order chi connectivity index (χ1) is 15.9. The Morgan fingerprint density at radius 2 is 2.09 bits per heavy atom. The number of piperidine rings is 1. The van der Waals surface area contributed by atoms with Crippen molar-refractivity contribution in [3.05, 3.63) is 29.8 Å². The molecular formula is C22H32FN5O5Si. The third kappa shape index (κ3) is 6.53. The molecule has 1 aliphatic rings. The Labute approximate surface area is 198 Å². The summed E-state index contributed by atoms with van der Waals surface area (Å²) in [5, 5.41) is 9.03. The molecule has 0 aliphatic carbocycles. The Hall–Kier alpha value is -2.99. The van der Waals surface area contributed by atoms with Gasteiger partial charge in [-0.1, -0.05) is 19.6 Å². The Balaban J connectivity index is 1.72. The summed E-state index contributed by atoms with van der Waals surface area (Å²) in [6, 6.07) is 2.58. The van der Waals surface area contributed by atoms with Gasteiger partial charge in [0, 0.05) is 45.6 Å². The van der Waals surface area contributed by atoms with Gasteiger partial charge >= 0.3 is 6.09 Å². The smallest absolute Gasteiger partial charge is 0.407 e. The number of nitrogens with two attached hydrogens (primary N) is 1. The van der Waals surface area contributed by atoms with Crippen molar-refractivity contribution >= 4 is 20.1 Å². The van der Waals surface area contributed by atoms with E-state index in [0.717, 1.165) is 16.8 Å². The molecule has 0 radical (unpaired) electrons. The van der Waals surface area contributed by atoms with Crippen LogP contribution in [-0.2, 0) is 11.5 Å². The average molecular weight is 494 g/mol. The van der Waals surface area contributed by atoms with Crippen LogP contribution in [0, 0.1) is 6.92 Å². The van der Waals surface area contributed by atoms with Gasteiger partial charge in [0.15, 0.2) is 6.17 Å². The summed E-state index contributed by atoms with van der Waals surface area (Å²) in [6.07, 6.45) is -0.229. The topological polar surface area (TPSA) is 133 Å². The molecule has 3 heterocycles. The molecule has 1 aliphatic heterocycles. The van der Waals surface area contributed by atoms with E-state index in [1.54, 1.807) is 0 Å². The van der Waals surface area contributed by atoms with Crippen LogP contribution >= 0.6 is 0 Å². The fourth-order valence-electron chi connectivity index (χ4n) is 3.52. The van der Waals surface area contributed by atoms with E-state index in [1.807, 2.05) is 17.7 Å². The number of aromatic nitrogens is 3. The Kier molecular flexibility index (Phi) is 7.92. The third-order valence-corrected chi connectivity index (χ3v) is 7.33. The number of nitrogens with zero attached hydrogens (tertiary/aromatic N) is 4. The van der Waals surface area contributed by atoms with Gasteiger partial charge in [-0.3, -0.25) is 4.79 Å². The van der Waals surface area contributed by atoms with E-state index >= 15 is 0 Å². The number of ether oxygens (including phenoxy) is 2. The van der Waals surface area contributed by atoms with Crippen LogP contribution in [0.2, 0.25) is 25.7 Å². The molecule has 2 amide bonds. The quantitative estimate of drug-likeness (QED) is 0.405. The standard InChI is InChI=1S/C22H32FN5O5Si/c1-14-26-18(12-28(14)13-32-7-8-34(2,3)4)15-9-16(20(24)29)21(25-10-15)33-19-5-6-27(22(30)31)11-17(19)23/h9-10,12,17,19H,5-8,11,13H2,1-4H3,(H2,24,29)(H,30,31)/t17-,19+/m0/s1. The van der Waals surface area contributed by atoms with Gasteiger partial charge in [-0.05, 0) is 19.0 Å². The second-order valence-corrected chi connectivity index (χ2v) is 15.2. The van der Waals surface area contributed by atoms with Crippen LogP contribution in [0.15, 0.2) is 18.5 Å². The molecule has 0 saturated carbocycles. The Morgan fingerprint density at radius 3 is 2.71 bits per heavy atom. The first kappa shape index (κ1) is 25.6. The van der Waals surface area contributed by atoms with E-state index in [-0.39, 0.29) is 31.0 Å². The van der Waals surface area contributed by atoms with Crippen LogP contribution in [0.25, 0.3) is 11.3 Å². The predicted octanol–water partition coefficient (Wildman–Crippen LogP) is 3.13. The van der Waals surface area contributed by atoms with E-state index in [4.69, 9.17) is 20.3 Å². The van der Waals surface area contributed by atoms with Crippen molar-refractivity contribution in [2.45, 2.75) is 58.0 Å². The van der Waals surface area contributed by atoms with Crippen molar-refractivity contribution in [2.75, 3.05) is 19.7 Å². The van der Waals surface area contributed by atoms with Crippen molar-refractivity contribution in [3.63, 3.8) is 0 Å². The molecule has 10 nitrogen and oxygen atoms in total. The highest BCUT2D eigenvalue weighted by atomic mass is 28.3. The van der Waals surface area contributed by atoms with Gasteiger partial charge < -0.3 is 29.8 Å². The van der Waals surface area contributed by atoms with Crippen LogP contribution in [0.1, 0.15) is 22.6 Å². The number of primary amides is 1. The number of aryl methyl sites for hydroxylation is 1. The first-order valence-electron chi connectivity index (χ1n) is 11.1. The minimum Gasteiger partial charge on any atom is -0.471 e. The summed E-state index contributed by atoms with van der Waals surface area (Å²) < 4.78 is 27.8. The van der Waals surface area contributed by atoms with Gasteiger partial charge in [-0.2, -0.15) is 0 Å². The second kappa shape index (κ2) is 10.5. The van der Waals surface area contributed by atoms with E-state index in [0.29, 0.717) is 24.6 Å². The average Bonchev–Trinajstić information content (AvgIpc) is 3.12. The summed E-state index contributed by atoms with van der Waals surface area (Å²) in [4.78, 5) is 32.9. The number of rotatable bonds is 9. The van der Waals surface area contributed by atoms with Crippen LogP contribution in [0.3, 0.4) is 0 Å². The maximum absolute atomic E-state index is 14.5. The summed E-state index contributed by atoms with van der Waals surface area (Å²) >= 11 is 0. The molecule has 12 heteroatoms. The van der Waals surface area contributed by atoms with Crippen LogP contribution in [-0.4, -0.2) is 76.6 Å². The monoisotopic (exact) mass is 493 g/mol. The van der Waals surface area contributed by atoms with Crippen LogP contribution in [0.5, 0.6) is 5.88 Å². The zero-order valence-electron chi connectivity index (χ0n) is 20.0. The molecule has 34 heavy (non-hydrogen) atoms. The Bertz CT molecular complexity index is 1040. The zero-order valence-corrected chi connectivity index (χ0v) is 21.0. The fraction of sp³-hybridized carbons (Fsp3) is 0.545. The van der Waals surface area contributed by atoms with Crippen molar-refractivity contribution in [1.82, 2.24) is 19.4 Å². The summed E-state index contributed by atoms with van der Waals surface area (Å²) in [5.74, 6) is -0.110. The van der Waals surface area contributed by atoms with Crippen molar-refractivity contribution in [2.24, 2.45) is 5.73 Å². The number of hydrogen-bond donors (Lipinski definition) is 2. The van der Waals surface area contributed by atoms with E-state index in [9.17, 15) is 14.0 Å². The number of halogens is 1. The third-order valence-electron chi connectivity index (χ3n) is 5.63. The number of likely N-dealkylation sites (tertiary alicyclic amines) is 1. The van der Waals surface area contributed by atoms with Crippen molar-refractivity contribution < 1.29 is 28.6 Å². The first-order valence-corrected chi connectivity index (χ1v) is 14.9. The number of carbonyl (C=O) groups excluding carboxylic acids is 1. The molecular weight excluding hydrogens is 461 g/mol. The molecule has 186 valence electrons. The molecule has 0 unspecified atom stereocenters. The zero-order chi connectivity index (χ0) is 25.0. The molecule has 0 aromatic carbocycles. The van der Waals surface area contributed by atoms with E-state index in [1.165, 1.54) is 12.3 Å². The maximum atomic E-state index is 14.5. The molecule has 3 rings (SSSR count). The summed E-state index contributed by atoms with van der Waals surface area (Å²) in [6.45, 7) is 9.61. The minimum absolute atomic E-state index is 0.00366. The normalized spacial score (nSPS) is 18.7. The minimum atomic E-state index is -1.55. The van der Waals surface area contributed by atoms with E-state index in [2.05, 4.69) is 29.6 Å². The van der Waals surface area contributed by atoms with Crippen molar-refractivity contribution in [3.8, 4) is 17.1 Å². The lowest BCUT2D eigenvalue weighted by Gasteiger charge is -2.33. The molecule has 2 aromatic rings. The van der Waals surface area contributed by atoms with Crippen LogP contribution in [0.4, 0.5) is 9.18 Å². The molecule has 0 bridgehead atoms. The molecule has 2 aromatic heterocycles. The number of carbonyl (C=O) groups is 2. The number of amides is 2. The lowest BCUT2D eigenvalue weighted by atomic mass is 10.1. The highest BCUT2D eigenvalue weighted by molar-refractivity contribution is 6.76. The number of alkyl halides is 1. The number of pyridine rings is 1. The fourth-order valence-corrected chi connectivity index (χ4v) is 4.27.